The van der Waals surface area contributed by atoms with Crippen LogP contribution in [0.1, 0.15) is 116 Å². The number of carbonyl (C=O) groups is 2. The number of rotatable bonds is 8. The molecule has 0 bridgehead atoms. The number of fused-ring (bicyclic) bond motifs is 5. The number of benzene rings is 3. The fraction of sp³-hybridized carbons (Fsp3) is 0.412. The van der Waals surface area contributed by atoms with Crippen LogP contribution in [-0.4, -0.2) is 75.8 Å². The van der Waals surface area contributed by atoms with Crippen molar-refractivity contribution < 1.29 is 38.8 Å². The molecule has 2 atom stereocenters. The van der Waals surface area contributed by atoms with E-state index in [2.05, 4.69) is 20.4 Å². The van der Waals surface area contributed by atoms with Crippen molar-refractivity contribution in [3.05, 3.63) is 120 Å². The molecule has 6 heterocycles. The van der Waals surface area contributed by atoms with Crippen LogP contribution < -0.4 is 16.6 Å². The van der Waals surface area contributed by atoms with Gasteiger partial charge >= 0.3 is 17.8 Å². The molecule has 5 N–H and O–H groups in total. The van der Waals surface area contributed by atoms with E-state index in [1.54, 1.807) is 30.5 Å². The number of aromatic nitrogens is 5. The summed E-state index contributed by atoms with van der Waals surface area (Å²) in [5.41, 5.74) is 4.40. The first-order valence-corrected chi connectivity index (χ1v) is 23.4. The summed E-state index contributed by atoms with van der Waals surface area (Å²) < 4.78 is 29.8. The van der Waals surface area contributed by atoms with Crippen LogP contribution >= 0.6 is 0 Å². The molecule has 3 aliphatic heterocycles. The Balaban J connectivity index is 0.751. The molecule has 2 aliphatic carbocycles. The zero-order chi connectivity index (χ0) is 47.6. The fourth-order valence-electron chi connectivity index (χ4n) is 11.6. The zero-order valence-corrected chi connectivity index (χ0v) is 38.2. The maximum absolute atomic E-state index is 15.4. The molecule has 1 amide bonds. The van der Waals surface area contributed by atoms with E-state index < -0.39 is 40.8 Å². The van der Waals surface area contributed by atoms with Gasteiger partial charge in [-0.1, -0.05) is 32.9 Å². The lowest BCUT2D eigenvalue weighted by atomic mass is 9.68. The molecule has 11 rings (SSSR count). The number of esters is 1. The number of aliphatic hydroxyl groups is 1. The van der Waals surface area contributed by atoms with E-state index in [0.717, 1.165) is 73.0 Å². The van der Waals surface area contributed by atoms with Gasteiger partial charge in [0.1, 0.15) is 30.0 Å². The minimum Gasteiger partial charge on any atom is -0.508 e. The van der Waals surface area contributed by atoms with E-state index in [4.69, 9.17) is 14.5 Å². The van der Waals surface area contributed by atoms with E-state index in [1.807, 2.05) is 38.1 Å². The van der Waals surface area contributed by atoms with Crippen LogP contribution in [-0.2, 0) is 46.0 Å². The molecule has 1 saturated heterocycles. The number of pyridine rings is 2. The number of cyclic esters (lactones) is 1. The number of nitrogens with zero attached hydrogens (tertiary/aromatic N) is 5. The Morgan fingerprint density at radius 2 is 1.76 bits per heavy atom. The highest BCUT2D eigenvalue weighted by Crippen LogP contribution is 2.48. The molecular formula is C51H52FN7O9. The van der Waals surface area contributed by atoms with Gasteiger partial charge in [0.2, 0.25) is 0 Å². The lowest BCUT2D eigenvalue weighted by molar-refractivity contribution is -0.172. The predicted octanol–water partition coefficient (Wildman–Crippen LogP) is 6.76. The number of amides is 1. The van der Waals surface area contributed by atoms with Crippen LogP contribution in [0.4, 0.5) is 9.18 Å². The number of nitrogens with one attached hydrogen (secondary N) is 2. The van der Waals surface area contributed by atoms with Crippen molar-refractivity contribution in [2.24, 2.45) is 5.41 Å². The maximum Gasteiger partial charge on any atom is 0.407 e. The number of aryl methyl sites for hydroxylation is 1. The van der Waals surface area contributed by atoms with Gasteiger partial charge in [-0.2, -0.15) is 5.10 Å². The van der Waals surface area contributed by atoms with Gasteiger partial charge in [-0.05, 0) is 115 Å². The summed E-state index contributed by atoms with van der Waals surface area (Å²) >= 11 is 0. The van der Waals surface area contributed by atoms with Crippen LogP contribution in [0.25, 0.3) is 39.4 Å². The third-order valence-electron chi connectivity index (χ3n) is 15.3. The van der Waals surface area contributed by atoms with Gasteiger partial charge < -0.3 is 34.7 Å². The van der Waals surface area contributed by atoms with Crippen LogP contribution in [0.15, 0.2) is 58.1 Å². The molecule has 5 aliphatic rings. The molecule has 0 radical (unpaired) electrons. The van der Waals surface area contributed by atoms with Crippen molar-refractivity contribution in [2.45, 2.75) is 116 Å². The Bertz CT molecular complexity index is 3230. The number of carbonyl (C=O) groups excluding carboxylic acids is 2. The monoisotopic (exact) mass is 925 g/mol. The predicted molar refractivity (Wildman–Crippen MR) is 247 cm³/mol. The molecule has 3 aromatic carbocycles. The first kappa shape index (κ1) is 43.7. The summed E-state index contributed by atoms with van der Waals surface area (Å²) in [5, 5.41) is 43.1. The number of ether oxygens (including phenoxy) is 2. The van der Waals surface area contributed by atoms with Crippen molar-refractivity contribution in [3.63, 3.8) is 0 Å². The molecule has 1 spiro atoms. The second kappa shape index (κ2) is 15.9. The number of hydrogen-bond acceptors (Lipinski definition) is 12. The maximum atomic E-state index is 15.4. The Labute approximate surface area is 389 Å². The molecular weight excluding hydrogens is 874 g/mol. The van der Waals surface area contributed by atoms with Crippen LogP contribution in [0.5, 0.6) is 11.5 Å². The molecule has 0 unspecified atom stereocenters. The molecule has 17 heteroatoms. The van der Waals surface area contributed by atoms with Crippen LogP contribution in [0, 0.1) is 18.2 Å². The van der Waals surface area contributed by atoms with Crippen molar-refractivity contribution in [1.82, 2.24) is 34.5 Å². The summed E-state index contributed by atoms with van der Waals surface area (Å²) in [4.78, 5) is 60.8. The Morgan fingerprint density at radius 3 is 2.49 bits per heavy atom. The molecule has 352 valence electrons. The average molecular weight is 926 g/mol. The summed E-state index contributed by atoms with van der Waals surface area (Å²) in [7, 11) is 0. The van der Waals surface area contributed by atoms with Gasteiger partial charge in [-0.15, -0.1) is 0 Å². The molecule has 16 nitrogen and oxygen atoms in total. The molecule has 2 fully saturated rings. The number of halogens is 1. The lowest BCUT2D eigenvalue weighted by Gasteiger charge is -2.53. The largest absolute Gasteiger partial charge is 0.508 e. The quantitative estimate of drug-likeness (QED) is 0.100. The summed E-state index contributed by atoms with van der Waals surface area (Å²) in [6, 6.07) is 13.1. The Morgan fingerprint density at radius 1 is 1.01 bits per heavy atom. The molecule has 1 saturated carbocycles. The zero-order valence-electron chi connectivity index (χ0n) is 38.2. The highest BCUT2D eigenvalue weighted by atomic mass is 19.1. The topological polar surface area (TPSA) is 214 Å². The van der Waals surface area contributed by atoms with E-state index >= 15 is 4.39 Å². The first-order chi connectivity index (χ1) is 32.6. The second-order valence-corrected chi connectivity index (χ2v) is 19.7. The number of likely N-dealkylation sites (tertiary alicyclic amines) is 1. The van der Waals surface area contributed by atoms with E-state index in [1.165, 1.54) is 16.7 Å². The average Bonchev–Trinajstić information content (AvgIpc) is 3.87. The van der Waals surface area contributed by atoms with Gasteiger partial charge in [0, 0.05) is 48.3 Å². The molecule has 6 aromatic rings. The van der Waals surface area contributed by atoms with Crippen LogP contribution in [0.3, 0.4) is 0 Å². The lowest BCUT2D eigenvalue weighted by Crippen LogP contribution is -2.57. The highest BCUT2D eigenvalue weighted by molar-refractivity contribution is 5.93. The summed E-state index contributed by atoms with van der Waals surface area (Å²) in [6.07, 6.45) is 3.48. The van der Waals surface area contributed by atoms with Gasteiger partial charge in [0.15, 0.2) is 11.4 Å². The minimum absolute atomic E-state index is 0.00292. The van der Waals surface area contributed by atoms with Crippen molar-refractivity contribution in [1.29, 1.82) is 0 Å². The van der Waals surface area contributed by atoms with Gasteiger partial charge in [-0.3, -0.25) is 9.69 Å². The third kappa shape index (κ3) is 6.83. The number of aromatic hydroxyl groups is 2. The van der Waals surface area contributed by atoms with Crippen molar-refractivity contribution in [2.75, 3.05) is 13.1 Å². The standard InChI is InChI=1S/C51H52FN7O9/c1-5-51(66)35-17-39-44-33(21-58(39)46(62)34(35)22-67-47(51)63)43-37(11-10-30-26(4)36(52)18-38(53-44)42(30)43)54-49(65)68-29-12-14-50(15-13-29)23-57(24-50)20-27-6-8-28(9-7-27)59-45(55-56-48(59)64)32-16-31(25(2)3)40(60)19-41(32)61/h6-9,16-19,25,29,37,60-61,66H,5,10-15,20-24H2,1-4H3,(H,54,65)(H,56,64)/t37-,51-/m0/s1. The fourth-order valence-corrected chi connectivity index (χ4v) is 11.6. The van der Waals surface area contributed by atoms with Crippen molar-refractivity contribution >= 4 is 23.0 Å². The number of aromatic amines is 1. The molecule has 68 heavy (non-hydrogen) atoms. The number of H-pyrrole nitrogens is 1. The summed E-state index contributed by atoms with van der Waals surface area (Å²) in [6.45, 7) is 9.69. The van der Waals surface area contributed by atoms with E-state index in [-0.39, 0.29) is 65.5 Å². The number of phenols is 2. The number of alkyl carbamates (subject to hydrolysis) is 1. The minimum atomic E-state index is -1.99. The SMILES string of the molecule is CC[C@@]1(O)C(=O)OCc2c1cc1n(c2=O)Cc2c-1nc1cc(F)c(C)c3c1c2[C@@H](NC(=O)OC1CCC2(CC1)CN(Cc1ccc(-n4c(-c5cc(C(C)C)c(O)cc5O)n[nH]c4=O)cc1)C2)CC3. The van der Waals surface area contributed by atoms with Gasteiger partial charge in [-0.25, -0.2) is 33.4 Å². The second-order valence-electron chi connectivity index (χ2n) is 19.7. The number of phenolic OH excluding ortho intramolecular Hbond substituents is 2. The summed E-state index contributed by atoms with van der Waals surface area (Å²) in [5.74, 6) is -1.20. The van der Waals surface area contributed by atoms with Gasteiger partial charge in [0.05, 0.1) is 46.3 Å². The van der Waals surface area contributed by atoms with E-state index in [0.29, 0.717) is 52.1 Å². The Hall–Kier alpha value is -6.85. The first-order valence-electron chi connectivity index (χ1n) is 23.4. The number of hydrogen-bond donors (Lipinski definition) is 5. The normalized spacial score (nSPS) is 20.5. The van der Waals surface area contributed by atoms with E-state index in [9.17, 15) is 34.5 Å². The highest BCUT2D eigenvalue weighted by Gasteiger charge is 2.47. The van der Waals surface area contributed by atoms with Gasteiger partial charge in [0.25, 0.3) is 5.56 Å². The molecule has 3 aromatic heterocycles. The third-order valence-corrected chi connectivity index (χ3v) is 15.3. The Kier molecular flexibility index (Phi) is 10.2. The van der Waals surface area contributed by atoms with Crippen LogP contribution in [0.2, 0.25) is 0 Å². The smallest absolute Gasteiger partial charge is 0.407 e. The van der Waals surface area contributed by atoms with Crippen molar-refractivity contribution in [3.8, 4) is 40.0 Å².